The largest absolute Gasteiger partial charge is 0.386 e. The predicted octanol–water partition coefficient (Wildman–Crippen LogP) is 2.49. The smallest absolute Gasteiger partial charge is 0.0857 e. The molecule has 114 valence electrons. The number of hydrazone groups is 1. The van der Waals surface area contributed by atoms with Gasteiger partial charge in [0.05, 0.1) is 24.0 Å². The quantitative estimate of drug-likeness (QED) is 0.624. The molecular weight excluding hydrogens is 262 g/mol. The van der Waals surface area contributed by atoms with Crippen LogP contribution in [0, 0.1) is 0 Å². The van der Waals surface area contributed by atoms with Gasteiger partial charge in [0.15, 0.2) is 0 Å². The molecule has 0 aliphatic carbocycles. The van der Waals surface area contributed by atoms with Crippen molar-refractivity contribution in [2.24, 2.45) is 10.1 Å². The van der Waals surface area contributed by atoms with E-state index < -0.39 is 0 Å². The minimum atomic E-state index is 0.459. The van der Waals surface area contributed by atoms with Crippen molar-refractivity contribution in [3.63, 3.8) is 0 Å². The summed E-state index contributed by atoms with van der Waals surface area (Å²) in [6.07, 6.45) is 6.19. The van der Waals surface area contributed by atoms with Crippen molar-refractivity contribution >= 4 is 23.8 Å². The van der Waals surface area contributed by atoms with Gasteiger partial charge < -0.3 is 10.6 Å². The molecule has 0 aromatic heterocycles. The third kappa shape index (κ3) is 4.56. The highest BCUT2D eigenvalue weighted by Gasteiger charge is 2.18. The van der Waals surface area contributed by atoms with Crippen LogP contribution in [-0.4, -0.2) is 50.2 Å². The molecule has 21 heavy (non-hydrogen) atoms. The van der Waals surface area contributed by atoms with E-state index in [-0.39, 0.29) is 0 Å². The molecule has 2 rings (SSSR count). The number of nitrogens with zero attached hydrogens (tertiary/aromatic N) is 3. The molecule has 1 aromatic rings. The van der Waals surface area contributed by atoms with Gasteiger partial charge in [-0.3, -0.25) is 10.0 Å². The first kappa shape index (κ1) is 15.5. The predicted molar refractivity (Wildman–Crippen MR) is 90.9 cm³/mol. The number of para-hydroxylation sites is 2. The summed E-state index contributed by atoms with van der Waals surface area (Å²) in [5, 5.41) is 13.2. The van der Waals surface area contributed by atoms with Gasteiger partial charge in [0.2, 0.25) is 0 Å². The van der Waals surface area contributed by atoms with Crippen LogP contribution in [0.15, 0.2) is 34.4 Å². The normalized spacial score (nSPS) is 19.2. The van der Waals surface area contributed by atoms with Crippen LogP contribution in [0.1, 0.15) is 19.8 Å². The lowest BCUT2D eigenvalue weighted by Crippen LogP contribution is -2.44. The van der Waals surface area contributed by atoms with E-state index in [2.05, 4.69) is 25.7 Å². The second-order valence-electron chi connectivity index (χ2n) is 5.07. The van der Waals surface area contributed by atoms with Crippen LogP contribution >= 0.6 is 0 Å². The van der Waals surface area contributed by atoms with E-state index in [4.69, 9.17) is 0 Å². The van der Waals surface area contributed by atoms with Gasteiger partial charge in [0, 0.05) is 26.0 Å². The molecule has 0 radical (unpaired) electrons. The summed E-state index contributed by atoms with van der Waals surface area (Å²) >= 11 is 0. The van der Waals surface area contributed by atoms with Crippen molar-refractivity contribution in [2.45, 2.75) is 25.8 Å². The van der Waals surface area contributed by atoms with Crippen LogP contribution in [0.2, 0.25) is 0 Å². The van der Waals surface area contributed by atoms with Crippen molar-refractivity contribution < 1.29 is 0 Å². The lowest BCUT2D eigenvalue weighted by atomic mass is 10.1. The van der Waals surface area contributed by atoms with Gasteiger partial charge in [-0.05, 0) is 38.4 Å². The molecule has 1 atom stereocenters. The van der Waals surface area contributed by atoms with E-state index in [0.717, 1.165) is 31.0 Å². The first-order chi connectivity index (χ1) is 10.3. The van der Waals surface area contributed by atoms with Crippen molar-refractivity contribution in [1.29, 1.82) is 0 Å². The highest BCUT2D eigenvalue weighted by Crippen LogP contribution is 2.23. The summed E-state index contributed by atoms with van der Waals surface area (Å²) in [5.41, 5.74) is 2.00. The number of nitrogens with one attached hydrogen (secondary N) is 2. The molecule has 1 aliphatic heterocycles. The average molecular weight is 287 g/mol. The van der Waals surface area contributed by atoms with E-state index in [1.165, 1.54) is 12.8 Å². The van der Waals surface area contributed by atoms with Gasteiger partial charge >= 0.3 is 0 Å². The van der Waals surface area contributed by atoms with Gasteiger partial charge in [0.25, 0.3) is 0 Å². The fourth-order valence-corrected chi connectivity index (χ4v) is 2.55. The first-order valence-electron chi connectivity index (χ1n) is 7.60. The van der Waals surface area contributed by atoms with E-state index in [1.807, 2.05) is 50.7 Å². The summed E-state index contributed by atoms with van der Waals surface area (Å²) in [4.78, 5) is 4.57. The Balaban J connectivity index is 1.98. The van der Waals surface area contributed by atoms with E-state index in [0.29, 0.717) is 6.04 Å². The molecule has 0 saturated carbocycles. The molecule has 5 nitrogen and oxygen atoms in total. The fourth-order valence-electron chi connectivity index (χ4n) is 2.55. The first-order valence-corrected chi connectivity index (χ1v) is 7.60. The lowest BCUT2D eigenvalue weighted by Gasteiger charge is -2.31. The molecule has 1 saturated heterocycles. The zero-order valence-corrected chi connectivity index (χ0v) is 12.9. The molecule has 1 fully saturated rings. The summed E-state index contributed by atoms with van der Waals surface area (Å²) < 4.78 is 0. The molecular formula is C16H25N5. The van der Waals surface area contributed by atoms with Crippen molar-refractivity contribution in [1.82, 2.24) is 10.3 Å². The number of hydrogen-bond donors (Lipinski definition) is 2. The maximum Gasteiger partial charge on any atom is 0.0857 e. The van der Waals surface area contributed by atoms with Crippen LogP contribution in [0.3, 0.4) is 0 Å². The lowest BCUT2D eigenvalue weighted by molar-refractivity contribution is 0.198. The molecule has 0 spiro atoms. The SMILES string of the molecule is C/C=N\N(CC=Nc1ccccc1NC)C1CCCNC1. The number of hydrogen-bond acceptors (Lipinski definition) is 5. The number of piperidine rings is 1. The van der Waals surface area contributed by atoms with Gasteiger partial charge in [-0.15, -0.1) is 0 Å². The molecule has 0 amide bonds. The maximum absolute atomic E-state index is 4.57. The Hall–Kier alpha value is -1.88. The number of aliphatic imine (C=N–C) groups is 1. The summed E-state index contributed by atoms with van der Waals surface area (Å²) in [6.45, 7) is 4.80. The van der Waals surface area contributed by atoms with E-state index in [9.17, 15) is 0 Å². The van der Waals surface area contributed by atoms with E-state index in [1.54, 1.807) is 0 Å². The molecule has 0 bridgehead atoms. The Bertz CT molecular complexity index is 477. The van der Waals surface area contributed by atoms with Crippen molar-refractivity contribution in [3.8, 4) is 0 Å². The molecule has 5 heteroatoms. The highest BCUT2D eigenvalue weighted by molar-refractivity contribution is 5.73. The van der Waals surface area contributed by atoms with Crippen LogP contribution < -0.4 is 10.6 Å². The monoisotopic (exact) mass is 287 g/mol. The van der Waals surface area contributed by atoms with Gasteiger partial charge in [-0.25, -0.2) is 0 Å². The fraction of sp³-hybridized carbons (Fsp3) is 0.500. The van der Waals surface area contributed by atoms with Crippen LogP contribution in [0.25, 0.3) is 0 Å². The molecule has 2 N–H and O–H groups in total. The van der Waals surface area contributed by atoms with Crippen LogP contribution in [0.5, 0.6) is 0 Å². The standard InChI is InChI=1S/C16H25N5/c1-3-20-21(14-7-6-10-18-13-14)12-11-19-16-9-5-4-8-15(16)17-2/h3-5,8-9,11,14,17-18H,6-7,10,12-13H2,1-2H3/b19-11?,20-3-. The zero-order valence-electron chi connectivity index (χ0n) is 12.9. The average Bonchev–Trinajstić information content (AvgIpc) is 2.55. The minimum Gasteiger partial charge on any atom is -0.386 e. The van der Waals surface area contributed by atoms with Gasteiger partial charge in [0.1, 0.15) is 0 Å². The highest BCUT2D eigenvalue weighted by atomic mass is 15.5. The second-order valence-corrected chi connectivity index (χ2v) is 5.07. The molecule has 1 aromatic carbocycles. The van der Waals surface area contributed by atoms with E-state index >= 15 is 0 Å². The van der Waals surface area contributed by atoms with Gasteiger partial charge in [-0.2, -0.15) is 5.10 Å². The maximum atomic E-state index is 4.57. The minimum absolute atomic E-state index is 0.459. The van der Waals surface area contributed by atoms with Crippen molar-refractivity contribution in [3.05, 3.63) is 24.3 Å². The van der Waals surface area contributed by atoms with Gasteiger partial charge in [-0.1, -0.05) is 12.1 Å². The second kappa shape index (κ2) is 8.42. The van der Waals surface area contributed by atoms with Crippen LogP contribution in [-0.2, 0) is 0 Å². The van der Waals surface area contributed by atoms with Crippen molar-refractivity contribution in [2.75, 3.05) is 32.0 Å². The number of rotatable bonds is 6. The number of anilines is 1. The Morgan fingerprint density at radius 2 is 2.29 bits per heavy atom. The third-order valence-electron chi connectivity index (χ3n) is 3.63. The molecule has 1 unspecified atom stereocenters. The Morgan fingerprint density at radius 3 is 3.00 bits per heavy atom. The zero-order chi connectivity index (χ0) is 14.9. The van der Waals surface area contributed by atoms with Crippen LogP contribution in [0.4, 0.5) is 11.4 Å². The summed E-state index contributed by atoms with van der Waals surface area (Å²) in [5.74, 6) is 0. The Kier molecular flexibility index (Phi) is 6.22. The molecule has 1 heterocycles. The summed E-state index contributed by atoms with van der Waals surface area (Å²) in [7, 11) is 1.91. The molecule has 1 aliphatic rings. The number of benzene rings is 1. The Morgan fingerprint density at radius 1 is 1.43 bits per heavy atom. The third-order valence-corrected chi connectivity index (χ3v) is 3.63. The Labute approximate surface area is 127 Å². The summed E-state index contributed by atoms with van der Waals surface area (Å²) in [6, 6.07) is 8.51. The topological polar surface area (TPSA) is 52.0 Å².